The average Bonchev–Trinajstić information content (AvgIpc) is 2.71. The standard InChI is InChI=1S/C21H31N3O4/c1-14(2)22-21(26)23-8-5-15(6-9-23)20(25)24-10-7-16-11-18(27-3)19(28-4)12-17(16)13-24/h11-12,14-15H,5-10,13H2,1-4H3,(H,22,26). The predicted molar refractivity (Wildman–Crippen MR) is 107 cm³/mol. The van der Waals surface area contributed by atoms with E-state index in [1.807, 2.05) is 35.8 Å². The Hall–Kier alpha value is -2.44. The number of nitrogens with zero attached hydrogens (tertiary/aromatic N) is 2. The lowest BCUT2D eigenvalue weighted by Gasteiger charge is -2.36. The molecule has 7 nitrogen and oxygen atoms in total. The molecule has 2 aliphatic heterocycles. The molecule has 0 aromatic heterocycles. The SMILES string of the molecule is COc1cc2c(cc1OC)CN(C(=O)C1CCN(C(=O)NC(C)C)CC1)CC2. The summed E-state index contributed by atoms with van der Waals surface area (Å²) in [5, 5.41) is 2.92. The molecule has 0 aliphatic carbocycles. The van der Waals surface area contributed by atoms with E-state index < -0.39 is 0 Å². The number of nitrogens with one attached hydrogen (secondary N) is 1. The number of rotatable bonds is 4. The molecule has 7 heteroatoms. The van der Waals surface area contributed by atoms with E-state index in [2.05, 4.69) is 5.32 Å². The van der Waals surface area contributed by atoms with Crippen molar-refractivity contribution in [2.75, 3.05) is 33.9 Å². The van der Waals surface area contributed by atoms with Crippen molar-refractivity contribution in [2.45, 2.75) is 45.7 Å². The van der Waals surface area contributed by atoms with Gasteiger partial charge in [-0.2, -0.15) is 0 Å². The zero-order valence-corrected chi connectivity index (χ0v) is 17.3. The number of amides is 3. The zero-order chi connectivity index (χ0) is 20.3. The molecule has 0 bridgehead atoms. The number of hydrogen-bond donors (Lipinski definition) is 1. The first kappa shape index (κ1) is 20.3. The van der Waals surface area contributed by atoms with Crippen molar-refractivity contribution in [1.82, 2.24) is 15.1 Å². The number of carbonyl (C=O) groups excluding carboxylic acids is 2. The number of ether oxygens (including phenoxy) is 2. The second-order valence-electron chi connectivity index (χ2n) is 7.85. The summed E-state index contributed by atoms with van der Waals surface area (Å²) in [4.78, 5) is 28.9. The Kier molecular flexibility index (Phi) is 6.31. The Labute approximate surface area is 167 Å². The summed E-state index contributed by atoms with van der Waals surface area (Å²) in [5.74, 6) is 1.61. The van der Waals surface area contributed by atoms with Crippen LogP contribution in [0.5, 0.6) is 11.5 Å². The van der Waals surface area contributed by atoms with E-state index in [4.69, 9.17) is 9.47 Å². The molecule has 2 heterocycles. The fourth-order valence-electron chi connectivity index (χ4n) is 4.00. The molecular weight excluding hydrogens is 358 g/mol. The molecule has 3 rings (SSSR count). The van der Waals surface area contributed by atoms with Crippen LogP contribution in [-0.4, -0.2) is 61.6 Å². The van der Waals surface area contributed by atoms with Crippen molar-refractivity contribution >= 4 is 11.9 Å². The van der Waals surface area contributed by atoms with Gasteiger partial charge in [0.25, 0.3) is 0 Å². The molecule has 1 N–H and O–H groups in total. The van der Waals surface area contributed by atoms with Gasteiger partial charge in [-0.3, -0.25) is 4.79 Å². The monoisotopic (exact) mass is 389 g/mol. The minimum Gasteiger partial charge on any atom is -0.493 e. The topological polar surface area (TPSA) is 71.1 Å². The van der Waals surface area contributed by atoms with E-state index in [0.717, 1.165) is 37.1 Å². The summed E-state index contributed by atoms with van der Waals surface area (Å²) >= 11 is 0. The summed E-state index contributed by atoms with van der Waals surface area (Å²) in [7, 11) is 3.26. The number of methoxy groups -OCH3 is 2. The predicted octanol–water partition coefficient (Wildman–Crippen LogP) is 2.42. The highest BCUT2D eigenvalue weighted by molar-refractivity contribution is 5.80. The van der Waals surface area contributed by atoms with E-state index in [-0.39, 0.29) is 23.9 Å². The van der Waals surface area contributed by atoms with Crippen LogP contribution in [0.25, 0.3) is 0 Å². The van der Waals surface area contributed by atoms with Crippen molar-refractivity contribution in [3.8, 4) is 11.5 Å². The van der Waals surface area contributed by atoms with Gasteiger partial charge in [0, 0.05) is 38.1 Å². The van der Waals surface area contributed by atoms with Gasteiger partial charge in [0.2, 0.25) is 5.91 Å². The molecule has 3 amide bonds. The van der Waals surface area contributed by atoms with Crippen LogP contribution in [-0.2, 0) is 17.8 Å². The molecule has 1 saturated heterocycles. The minimum atomic E-state index is -0.0335. The van der Waals surface area contributed by atoms with Crippen LogP contribution in [0.2, 0.25) is 0 Å². The number of urea groups is 1. The average molecular weight is 389 g/mol. The summed E-state index contributed by atoms with van der Waals surface area (Å²) in [6, 6.07) is 4.08. The van der Waals surface area contributed by atoms with Gasteiger partial charge in [0.15, 0.2) is 11.5 Å². The molecule has 0 unspecified atom stereocenters. The van der Waals surface area contributed by atoms with Gasteiger partial charge in [0.1, 0.15) is 0 Å². The normalized spacial score (nSPS) is 17.3. The number of carbonyl (C=O) groups is 2. The highest BCUT2D eigenvalue weighted by Crippen LogP contribution is 2.34. The van der Waals surface area contributed by atoms with Gasteiger partial charge in [-0.05, 0) is 56.4 Å². The molecule has 1 aromatic carbocycles. The first-order valence-electron chi connectivity index (χ1n) is 10.0. The fraction of sp³-hybridized carbons (Fsp3) is 0.619. The van der Waals surface area contributed by atoms with E-state index in [0.29, 0.717) is 25.4 Å². The van der Waals surface area contributed by atoms with Crippen LogP contribution < -0.4 is 14.8 Å². The van der Waals surface area contributed by atoms with Crippen molar-refractivity contribution < 1.29 is 19.1 Å². The Morgan fingerprint density at radius 2 is 1.61 bits per heavy atom. The largest absolute Gasteiger partial charge is 0.493 e. The number of likely N-dealkylation sites (tertiary alicyclic amines) is 1. The Morgan fingerprint density at radius 3 is 2.18 bits per heavy atom. The smallest absolute Gasteiger partial charge is 0.317 e. The lowest BCUT2D eigenvalue weighted by Crippen LogP contribution is -2.49. The highest BCUT2D eigenvalue weighted by Gasteiger charge is 2.32. The van der Waals surface area contributed by atoms with E-state index in [1.54, 1.807) is 14.2 Å². The van der Waals surface area contributed by atoms with E-state index in [9.17, 15) is 9.59 Å². The maximum atomic E-state index is 13.0. The van der Waals surface area contributed by atoms with Gasteiger partial charge >= 0.3 is 6.03 Å². The summed E-state index contributed by atoms with van der Waals surface area (Å²) in [6.07, 6.45) is 2.26. The van der Waals surface area contributed by atoms with Crippen LogP contribution in [0.15, 0.2) is 12.1 Å². The molecular formula is C21H31N3O4. The molecule has 0 atom stereocenters. The van der Waals surface area contributed by atoms with Crippen LogP contribution in [0.1, 0.15) is 37.8 Å². The van der Waals surface area contributed by atoms with Crippen LogP contribution in [0.3, 0.4) is 0 Å². The van der Waals surface area contributed by atoms with Crippen LogP contribution in [0, 0.1) is 5.92 Å². The molecule has 0 saturated carbocycles. The Morgan fingerprint density at radius 1 is 1.00 bits per heavy atom. The number of benzene rings is 1. The Bertz CT molecular complexity index is 727. The zero-order valence-electron chi connectivity index (χ0n) is 17.3. The minimum absolute atomic E-state index is 0.00945. The first-order chi connectivity index (χ1) is 13.4. The molecule has 0 radical (unpaired) electrons. The van der Waals surface area contributed by atoms with Gasteiger partial charge in [-0.15, -0.1) is 0 Å². The number of hydrogen-bond acceptors (Lipinski definition) is 4. The summed E-state index contributed by atoms with van der Waals surface area (Å²) in [5.41, 5.74) is 2.33. The molecule has 0 spiro atoms. The first-order valence-corrected chi connectivity index (χ1v) is 10.0. The van der Waals surface area contributed by atoms with Crippen molar-refractivity contribution in [2.24, 2.45) is 5.92 Å². The summed E-state index contributed by atoms with van der Waals surface area (Å²) < 4.78 is 10.8. The van der Waals surface area contributed by atoms with Gasteiger partial charge < -0.3 is 24.6 Å². The number of piperidine rings is 1. The molecule has 28 heavy (non-hydrogen) atoms. The maximum Gasteiger partial charge on any atom is 0.317 e. The van der Waals surface area contributed by atoms with Gasteiger partial charge in [0.05, 0.1) is 14.2 Å². The maximum absolute atomic E-state index is 13.0. The van der Waals surface area contributed by atoms with Gasteiger partial charge in [-0.25, -0.2) is 4.79 Å². The third-order valence-electron chi connectivity index (χ3n) is 5.57. The Balaban J connectivity index is 1.60. The van der Waals surface area contributed by atoms with Crippen LogP contribution in [0.4, 0.5) is 4.79 Å². The second-order valence-corrected chi connectivity index (χ2v) is 7.85. The lowest BCUT2D eigenvalue weighted by atomic mass is 9.93. The molecule has 1 aromatic rings. The lowest BCUT2D eigenvalue weighted by molar-refractivity contribution is -0.137. The molecule has 1 fully saturated rings. The van der Waals surface area contributed by atoms with Crippen LogP contribution >= 0.6 is 0 Å². The fourth-order valence-corrected chi connectivity index (χ4v) is 4.00. The third kappa shape index (κ3) is 4.34. The quantitative estimate of drug-likeness (QED) is 0.859. The second kappa shape index (κ2) is 8.71. The molecule has 154 valence electrons. The number of fused-ring (bicyclic) bond motifs is 1. The highest BCUT2D eigenvalue weighted by atomic mass is 16.5. The summed E-state index contributed by atoms with van der Waals surface area (Å²) in [6.45, 7) is 6.48. The van der Waals surface area contributed by atoms with E-state index in [1.165, 1.54) is 5.56 Å². The van der Waals surface area contributed by atoms with Crippen molar-refractivity contribution in [1.29, 1.82) is 0 Å². The van der Waals surface area contributed by atoms with Crippen molar-refractivity contribution in [3.63, 3.8) is 0 Å². The molecule has 2 aliphatic rings. The van der Waals surface area contributed by atoms with Crippen molar-refractivity contribution in [3.05, 3.63) is 23.3 Å². The van der Waals surface area contributed by atoms with Gasteiger partial charge in [-0.1, -0.05) is 0 Å². The third-order valence-corrected chi connectivity index (χ3v) is 5.57. The van der Waals surface area contributed by atoms with E-state index >= 15 is 0 Å².